The highest BCUT2D eigenvalue weighted by Gasteiger charge is 2.03. The van der Waals surface area contributed by atoms with Crippen LogP contribution in [0.3, 0.4) is 0 Å². The van der Waals surface area contributed by atoms with E-state index in [1.807, 2.05) is 6.07 Å². The molecule has 0 saturated heterocycles. The molecule has 2 aromatic rings. The van der Waals surface area contributed by atoms with Crippen LogP contribution in [0.15, 0.2) is 41.6 Å². The fourth-order valence-electron chi connectivity index (χ4n) is 1.58. The fraction of sp³-hybridized carbons (Fsp3) is 0.188. The van der Waals surface area contributed by atoms with E-state index in [9.17, 15) is 4.39 Å². The maximum Gasteiger partial charge on any atom is 0.138 e. The number of thioether (sulfide) groups is 1. The number of benzene rings is 1. The van der Waals surface area contributed by atoms with Crippen molar-refractivity contribution in [2.75, 3.05) is 6.61 Å². The Bertz CT molecular complexity index is 664. The second-order valence-electron chi connectivity index (χ2n) is 4.19. The summed E-state index contributed by atoms with van der Waals surface area (Å²) >= 11 is 7.33. The Hall–Kier alpha value is -1.54. The molecule has 0 aliphatic rings. The number of aromatic nitrogens is 1. The SMILES string of the molecule is OCCC#Cc1cc(CSc2ccc(Cl)cn2)ccc1F. The molecule has 1 N–H and O–H groups in total. The number of nitrogens with zero attached hydrogens (tertiary/aromatic N) is 1. The first-order valence-electron chi connectivity index (χ1n) is 6.31. The van der Waals surface area contributed by atoms with Gasteiger partial charge in [0.05, 0.1) is 22.2 Å². The minimum absolute atomic E-state index is 0.0214. The molecule has 0 radical (unpaired) electrons. The minimum atomic E-state index is -0.348. The van der Waals surface area contributed by atoms with Crippen LogP contribution in [0.5, 0.6) is 0 Å². The van der Waals surface area contributed by atoms with Crippen LogP contribution in [0.2, 0.25) is 5.02 Å². The highest BCUT2D eigenvalue weighted by Crippen LogP contribution is 2.22. The van der Waals surface area contributed by atoms with Gasteiger partial charge in [0.15, 0.2) is 0 Å². The maximum atomic E-state index is 13.6. The summed E-state index contributed by atoms with van der Waals surface area (Å²) in [6, 6.07) is 8.50. The molecule has 1 heterocycles. The van der Waals surface area contributed by atoms with Crippen LogP contribution >= 0.6 is 23.4 Å². The van der Waals surface area contributed by atoms with E-state index in [4.69, 9.17) is 16.7 Å². The second-order valence-corrected chi connectivity index (χ2v) is 5.62. The van der Waals surface area contributed by atoms with E-state index in [-0.39, 0.29) is 12.4 Å². The molecule has 0 atom stereocenters. The van der Waals surface area contributed by atoms with Crippen molar-refractivity contribution >= 4 is 23.4 Å². The predicted octanol–water partition coefficient (Wildman–Crippen LogP) is 3.90. The molecule has 0 aliphatic heterocycles. The van der Waals surface area contributed by atoms with Gasteiger partial charge in [-0.2, -0.15) is 0 Å². The number of aliphatic hydroxyl groups is 1. The molecule has 0 bridgehead atoms. The third-order valence-electron chi connectivity index (χ3n) is 2.58. The first kappa shape index (κ1) is 15.8. The van der Waals surface area contributed by atoms with Crippen molar-refractivity contribution in [2.45, 2.75) is 17.2 Å². The smallest absolute Gasteiger partial charge is 0.138 e. The third kappa shape index (κ3) is 5.05. The Morgan fingerprint density at radius 1 is 1.29 bits per heavy atom. The first-order valence-corrected chi connectivity index (χ1v) is 7.68. The summed E-state index contributed by atoms with van der Waals surface area (Å²) in [6.07, 6.45) is 1.94. The van der Waals surface area contributed by atoms with E-state index in [2.05, 4.69) is 16.8 Å². The molecule has 2 nitrogen and oxygen atoms in total. The summed E-state index contributed by atoms with van der Waals surface area (Å²) in [5, 5.41) is 10.1. The third-order valence-corrected chi connectivity index (χ3v) is 3.82. The standard InChI is InChI=1S/C16H13ClFNOS/c17-14-5-7-16(19-10-14)21-11-12-4-6-15(18)13(9-12)3-1-2-8-20/h4-7,9-10,20H,2,8,11H2. The molecule has 0 saturated carbocycles. The Kier molecular flexibility index (Phi) is 6.06. The molecule has 0 unspecified atom stereocenters. The normalized spacial score (nSPS) is 10.0. The van der Waals surface area contributed by atoms with Gasteiger partial charge in [0.2, 0.25) is 0 Å². The van der Waals surface area contributed by atoms with E-state index in [1.165, 1.54) is 6.07 Å². The molecule has 21 heavy (non-hydrogen) atoms. The number of hydrogen-bond donors (Lipinski definition) is 1. The van der Waals surface area contributed by atoms with E-state index >= 15 is 0 Å². The second kappa shape index (κ2) is 8.04. The topological polar surface area (TPSA) is 33.1 Å². The van der Waals surface area contributed by atoms with Crippen molar-refractivity contribution in [2.24, 2.45) is 0 Å². The number of aliphatic hydroxyl groups excluding tert-OH is 1. The molecule has 108 valence electrons. The lowest BCUT2D eigenvalue weighted by Crippen LogP contribution is -1.89. The first-order chi connectivity index (χ1) is 10.2. The quantitative estimate of drug-likeness (QED) is 0.685. The lowest BCUT2D eigenvalue weighted by Gasteiger charge is -2.03. The number of hydrogen-bond acceptors (Lipinski definition) is 3. The van der Waals surface area contributed by atoms with Gasteiger partial charge >= 0.3 is 0 Å². The van der Waals surface area contributed by atoms with Gasteiger partial charge in [-0.05, 0) is 29.8 Å². The van der Waals surface area contributed by atoms with Crippen molar-refractivity contribution in [3.05, 3.63) is 58.5 Å². The zero-order valence-electron chi connectivity index (χ0n) is 11.1. The van der Waals surface area contributed by atoms with E-state index in [1.54, 1.807) is 36.2 Å². The van der Waals surface area contributed by atoms with Crippen LogP contribution in [0.25, 0.3) is 0 Å². The van der Waals surface area contributed by atoms with Gasteiger partial charge < -0.3 is 5.11 Å². The lowest BCUT2D eigenvalue weighted by atomic mass is 10.1. The lowest BCUT2D eigenvalue weighted by molar-refractivity contribution is 0.305. The zero-order chi connectivity index (χ0) is 15.1. The van der Waals surface area contributed by atoms with Crippen LogP contribution < -0.4 is 0 Å². The number of pyridine rings is 1. The summed E-state index contributed by atoms with van der Waals surface area (Å²) in [7, 11) is 0. The molecule has 5 heteroatoms. The molecular formula is C16H13ClFNOS. The Labute approximate surface area is 132 Å². The largest absolute Gasteiger partial charge is 0.395 e. The summed E-state index contributed by atoms with van der Waals surface area (Å²) in [5.41, 5.74) is 1.32. The maximum absolute atomic E-state index is 13.6. The van der Waals surface area contributed by atoms with Crippen molar-refractivity contribution in [1.82, 2.24) is 4.98 Å². The van der Waals surface area contributed by atoms with E-state index < -0.39 is 0 Å². The van der Waals surface area contributed by atoms with Crippen LogP contribution in [0, 0.1) is 17.7 Å². The van der Waals surface area contributed by atoms with Gasteiger partial charge in [0.1, 0.15) is 5.82 Å². The number of rotatable bonds is 4. The van der Waals surface area contributed by atoms with E-state index in [0.717, 1.165) is 10.6 Å². The Morgan fingerprint density at radius 2 is 2.14 bits per heavy atom. The Balaban J connectivity index is 2.05. The average molecular weight is 322 g/mol. The van der Waals surface area contributed by atoms with Gasteiger partial charge in [-0.3, -0.25) is 0 Å². The van der Waals surface area contributed by atoms with Crippen LogP contribution in [-0.4, -0.2) is 16.7 Å². The van der Waals surface area contributed by atoms with E-state index in [0.29, 0.717) is 22.8 Å². The average Bonchev–Trinajstić information content (AvgIpc) is 2.49. The van der Waals surface area contributed by atoms with Crippen molar-refractivity contribution in [3.63, 3.8) is 0 Å². The zero-order valence-corrected chi connectivity index (χ0v) is 12.7. The van der Waals surface area contributed by atoms with Crippen molar-refractivity contribution in [3.8, 4) is 11.8 Å². The summed E-state index contributed by atoms with van der Waals surface area (Å²) in [4.78, 5) is 4.20. The number of halogens is 2. The molecule has 0 amide bonds. The molecule has 0 aliphatic carbocycles. The monoisotopic (exact) mass is 321 g/mol. The van der Waals surface area contributed by atoms with Gasteiger partial charge in [0, 0.05) is 18.4 Å². The molecule has 1 aromatic heterocycles. The highest BCUT2D eigenvalue weighted by molar-refractivity contribution is 7.98. The Morgan fingerprint density at radius 3 is 2.86 bits per heavy atom. The van der Waals surface area contributed by atoms with Gasteiger partial charge in [-0.25, -0.2) is 9.37 Å². The van der Waals surface area contributed by atoms with Gasteiger partial charge in [0.25, 0.3) is 0 Å². The van der Waals surface area contributed by atoms with Gasteiger partial charge in [-0.15, -0.1) is 11.8 Å². The molecular weight excluding hydrogens is 309 g/mol. The predicted molar refractivity (Wildman–Crippen MR) is 83.8 cm³/mol. The van der Waals surface area contributed by atoms with Crippen LogP contribution in [0.1, 0.15) is 17.5 Å². The van der Waals surface area contributed by atoms with Crippen molar-refractivity contribution < 1.29 is 9.50 Å². The summed E-state index contributed by atoms with van der Waals surface area (Å²) < 4.78 is 13.6. The molecule has 0 fully saturated rings. The molecule has 0 spiro atoms. The van der Waals surface area contributed by atoms with Crippen LogP contribution in [-0.2, 0) is 5.75 Å². The highest BCUT2D eigenvalue weighted by atomic mass is 35.5. The van der Waals surface area contributed by atoms with Crippen molar-refractivity contribution in [1.29, 1.82) is 0 Å². The minimum Gasteiger partial charge on any atom is -0.395 e. The molecule has 2 rings (SSSR count). The summed E-state index contributed by atoms with van der Waals surface area (Å²) in [5.74, 6) is 5.78. The van der Waals surface area contributed by atoms with Crippen LogP contribution in [0.4, 0.5) is 4.39 Å². The summed E-state index contributed by atoms with van der Waals surface area (Å²) in [6.45, 7) is -0.0214. The van der Waals surface area contributed by atoms with Gasteiger partial charge in [-0.1, -0.05) is 29.5 Å². The fourth-order valence-corrected chi connectivity index (χ4v) is 2.47. The molecule has 1 aromatic carbocycles.